The summed E-state index contributed by atoms with van der Waals surface area (Å²) in [6, 6.07) is 8.60. The first-order valence-corrected chi connectivity index (χ1v) is 11.3. The van der Waals surface area contributed by atoms with E-state index in [2.05, 4.69) is 44.6 Å². The molecule has 0 radical (unpaired) electrons. The Kier molecular flexibility index (Phi) is 10.9. The van der Waals surface area contributed by atoms with Gasteiger partial charge in [0.2, 0.25) is 0 Å². The number of ether oxygens (including phenoxy) is 1. The summed E-state index contributed by atoms with van der Waals surface area (Å²) in [5.74, 6) is 1.78. The molecule has 0 saturated carbocycles. The van der Waals surface area contributed by atoms with Crippen molar-refractivity contribution in [3.8, 4) is 5.75 Å². The predicted molar refractivity (Wildman–Crippen MR) is 137 cm³/mol. The van der Waals surface area contributed by atoms with Crippen molar-refractivity contribution in [2.45, 2.75) is 38.6 Å². The molecule has 1 unspecified atom stereocenters. The lowest BCUT2D eigenvalue weighted by Gasteiger charge is -2.30. The fraction of sp³-hybridized carbons (Fsp3) is 0.545. The van der Waals surface area contributed by atoms with Crippen LogP contribution in [0.5, 0.6) is 5.75 Å². The van der Waals surface area contributed by atoms with Crippen LogP contribution in [0.25, 0.3) is 0 Å². The number of methoxy groups -OCH3 is 1. The van der Waals surface area contributed by atoms with Crippen molar-refractivity contribution >= 4 is 41.3 Å². The van der Waals surface area contributed by atoms with Crippen LogP contribution in [0, 0.1) is 0 Å². The number of thiazole rings is 1. The highest BCUT2D eigenvalue weighted by atomic mass is 127. The summed E-state index contributed by atoms with van der Waals surface area (Å²) in [6.45, 7) is 6.02. The molecule has 1 aliphatic rings. The normalized spacial score (nSPS) is 15.5. The van der Waals surface area contributed by atoms with Gasteiger partial charge >= 0.3 is 0 Å². The highest BCUT2D eigenvalue weighted by molar-refractivity contribution is 14.0. The predicted octanol–water partition coefficient (Wildman–Crippen LogP) is 3.88. The van der Waals surface area contributed by atoms with Crippen LogP contribution in [0.2, 0.25) is 0 Å². The summed E-state index contributed by atoms with van der Waals surface area (Å²) >= 11 is 1.80. The van der Waals surface area contributed by atoms with Gasteiger partial charge in [-0.15, -0.1) is 35.3 Å². The Morgan fingerprint density at radius 3 is 2.70 bits per heavy atom. The standard InChI is InChI=1S/C22H33N5OS.HI/c1-4-17-15-25-21(29-17)11-12-24-22(23-2)26-16-19(27-13-7-8-14-27)18-9-5-6-10-20(18)28-3;/h5-6,9-10,15,19H,4,7-8,11-14,16H2,1-3H3,(H2,23,24,26);1H. The molecule has 1 atom stereocenters. The molecule has 1 saturated heterocycles. The molecule has 1 aliphatic heterocycles. The number of likely N-dealkylation sites (tertiary alicyclic amines) is 1. The third kappa shape index (κ3) is 6.81. The number of aryl methyl sites for hydroxylation is 1. The Balaban J connectivity index is 0.00000320. The first-order chi connectivity index (χ1) is 14.2. The van der Waals surface area contributed by atoms with E-state index in [0.717, 1.165) is 50.7 Å². The second-order valence-electron chi connectivity index (χ2n) is 7.20. The Hall–Kier alpha value is -1.39. The Morgan fingerprint density at radius 2 is 2.03 bits per heavy atom. The summed E-state index contributed by atoms with van der Waals surface area (Å²) in [4.78, 5) is 12.8. The SMILES string of the molecule is CCc1cnc(CCNC(=NC)NCC(c2ccccc2OC)N2CCCC2)s1.I. The lowest BCUT2D eigenvalue weighted by atomic mass is 10.0. The number of para-hydroxylation sites is 1. The van der Waals surface area contributed by atoms with Crippen molar-refractivity contribution in [3.63, 3.8) is 0 Å². The van der Waals surface area contributed by atoms with E-state index in [1.54, 1.807) is 18.4 Å². The molecule has 0 aliphatic carbocycles. The molecule has 0 amide bonds. The van der Waals surface area contributed by atoms with E-state index >= 15 is 0 Å². The molecule has 166 valence electrons. The number of aliphatic imine (C=N–C) groups is 1. The van der Waals surface area contributed by atoms with Gasteiger partial charge in [-0.3, -0.25) is 9.89 Å². The zero-order chi connectivity index (χ0) is 20.5. The molecule has 0 bridgehead atoms. The molecular formula is C22H34IN5OS. The van der Waals surface area contributed by atoms with E-state index in [0.29, 0.717) is 0 Å². The number of hydrogen-bond donors (Lipinski definition) is 2. The largest absolute Gasteiger partial charge is 0.496 e. The number of hydrogen-bond acceptors (Lipinski definition) is 5. The summed E-state index contributed by atoms with van der Waals surface area (Å²) in [7, 11) is 3.57. The Bertz CT molecular complexity index is 791. The molecule has 6 nitrogen and oxygen atoms in total. The highest BCUT2D eigenvalue weighted by Crippen LogP contribution is 2.31. The van der Waals surface area contributed by atoms with E-state index in [9.17, 15) is 0 Å². The van der Waals surface area contributed by atoms with Gasteiger partial charge in [0.1, 0.15) is 5.75 Å². The number of aromatic nitrogens is 1. The average molecular weight is 544 g/mol. The number of halogens is 1. The minimum absolute atomic E-state index is 0. The van der Waals surface area contributed by atoms with Crippen molar-refractivity contribution in [2.24, 2.45) is 4.99 Å². The van der Waals surface area contributed by atoms with Crippen LogP contribution in [-0.2, 0) is 12.8 Å². The summed E-state index contributed by atoms with van der Waals surface area (Å²) in [5, 5.41) is 8.13. The molecule has 2 aromatic rings. The molecule has 3 rings (SSSR count). The maximum absolute atomic E-state index is 5.64. The minimum atomic E-state index is 0. The molecule has 1 aromatic heterocycles. The maximum atomic E-state index is 5.64. The van der Waals surface area contributed by atoms with E-state index in [1.165, 1.54) is 28.3 Å². The number of guanidine groups is 1. The zero-order valence-electron chi connectivity index (χ0n) is 18.2. The Labute approximate surface area is 201 Å². The lowest BCUT2D eigenvalue weighted by Crippen LogP contribution is -2.43. The molecule has 8 heteroatoms. The third-order valence-electron chi connectivity index (χ3n) is 5.35. The summed E-state index contributed by atoms with van der Waals surface area (Å²) in [6.07, 6.45) is 6.46. The van der Waals surface area contributed by atoms with E-state index in [4.69, 9.17) is 4.74 Å². The van der Waals surface area contributed by atoms with Gasteiger partial charge in [0.05, 0.1) is 18.2 Å². The van der Waals surface area contributed by atoms with Gasteiger partial charge in [-0.25, -0.2) is 4.98 Å². The van der Waals surface area contributed by atoms with E-state index < -0.39 is 0 Å². The smallest absolute Gasteiger partial charge is 0.191 e. The van der Waals surface area contributed by atoms with Crippen molar-refractivity contribution in [3.05, 3.63) is 45.9 Å². The van der Waals surface area contributed by atoms with Crippen molar-refractivity contribution in [2.75, 3.05) is 40.3 Å². The number of rotatable bonds is 9. The highest BCUT2D eigenvalue weighted by Gasteiger charge is 2.26. The molecule has 1 aromatic carbocycles. The molecule has 2 N–H and O–H groups in total. The van der Waals surface area contributed by atoms with Gasteiger partial charge in [-0.2, -0.15) is 0 Å². The lowest BCUT2D eigenvalue weighted by molar-refractivity contribution is 0.239. The van der Waals surface area contributed by atoms with Crippen molar-refractivity contribution in [1.82, 2.24) is 20.5 Å². The number of nitrogens with zero attached hydrogens (tertiary/aromatic N) is 3. The molecule has 0 spiro atoms. The van der Waals surface area contributed by atoms with E-state index in [1.807, 2.05) is 25.4 Å². The summed E-state index contributed by atoms with van der Waals surface area (Å²) < 4.78 is 5.64. The molecular weight excluding hydrogens is 509 g/mol. The van der Waals surface area contributed by atoms with Crippen LogP contribution < -0.4 is 15.4 Å². The van der Waals surface area contributed by atoms with Crippen LogP contribution in [0.1, 0.15) is 41.3 Å². The van der Waals surface area contributed by atoms with Crippen LogP contribution >= 0.6 is 35.3 Å². The molecule has 1 fully saturated rings. The molecule has 30 heavy (non-hydrogen) atoms. The third-order valence-corrected chi connectivity index (χ3v) is 6.55. The average Bonchev–Trinajstić information content (AvgIpc) is 3.45. The first kappa shape index (κ1) is 24.9. The fourth-order valence-electron chi connectivity index (χ4n) is 3.76. The van der Waals surface area contributed by atoms with Gasteiger partial charge in [0.25, 0.3) is 0 Å². The van der Waals surface area contributed by atoms with Gasteiger partial charge in [0.15, 0.2) is 5.96 Å². The second-order valence-corrected chi connectivity index (χ2v) is 8.40. The fourth-order valence-corrected chi connectivity index (χ4v) is 4.62. The topological polar surface area (TPSA) is 61.8 Å². The van der Waals surface area contributed by atoms with Crippen LogP contribution in [0.3, 0.4) is 0 Å². The van der Waals surface area contributed by atoms with Crippen LogP contribution in [-0.4, -0.2) is 56.2 Å². The van der Waals surface area contributed by atoms with Gasteiger partial charge in [0, 0.05) is 43.2 Å². The quantitative estimate of drug-likeness (QED) is 0.286. The second kappa shape index (κ2) is 13.1. The van der Waals surface area contributed by atoms with Crippen LogP contribution in [0.15, 0.2) is 35.5 Å². The Morgan fingerprint density at radius 1 is 1.27 bits per heavy atom. The first-order valence-electron chi connectivity index (χ1n) is 10.5. The van der Waals surface area contributed by atoms with E-state index in [-0.39, 0.29) is 30.0 Å². The monoisotopic (exact) mass is 543 g/mol. The summed E-state index contributed by atoms with van der Waals surface area (Å²) in [5.41, 5.74) is 1.23. The van der Waals surface area contributed by atoms with Crippen molar-refractivity contribution in [1.29, 1.82) is 0 Å². The maximum Gasteiger partial charge on any atom is 0.191 e. The zero-order valence-corrected chi connectivity index (χ0v) is 21.3. The van der Waals surface area contributed by atoms with Crippen molar-refractivity contribution < 1.29 is 4.74 Å². The number of nitrogens with one attached hydrogen (secondary N) is 2. The minimum Gasteiger partial charge on any atom is -0.496 e. The van der Waals surface area contributed by atoms with Gasteiger partial charge in [-0.05, 0) is 38.4 Å². The number of benzene rings is 1. The molecule has 2 heterocycles. The van der Waals surface area contributed by atoms with Gasteiger partial charge in [-0.1, -0.05) is 25.1 Å². The van der Waals surface area contributed by atoms with Gasteiger partial charge < -0.3 is 15.4 Å². The van der Waals surface area contributed by atoms with Crippen LogP contribution in [0.4, 0.5) is 0 Å².